The molecule has 0 N–H and O–H groups in total. The molecule has 10 heavy (non-hydrogen) atoms. The van der Waals surface area contributed by atoms with Gasteiger partial charge in [-0.3, -0.25) is 0 Å². The van der Waals surface area contributed by atoms with Crippen LogP contribution in [0.15, 0.2) is 0 Å². The van der Waals surface area contributed by atoms with Gasteiger partial charge in [0.05, 0.1) is 23.5 Å². The third-order valence-electron chi connectivity index (χ3n) is 2.03. The lowest BCUT2D eigenvalue weighted by atomic mass is 9.53. The summed E-state index contributed by atoms with van der Waals surface area (Å²) in [7, 11) is 17.0. The second kappa shape index (κ2) is 3.04. The van der Waals surface area contributed by atoms with Gasteiger partial charge in [0.15, 0.2) is 0 Å². The molecule has 0 aliphatic carbocycles. The zero-order chi connectivity index (χ0) is 7.72. The molecule has 4 atom stereocenters. The highest BCUT2D eigenvalue weighted by Crippen LogP contribution is 2.37. The van der Waals surface area contributed by atoms with Crippen molar-refractivity contribution in [3.8, 4) is 0 Å². The van der Waals surface area contributed by atoms with E-state index in [-0.39, 0.29) is 23.6 Å². The molecule has 1 fully saturated rings. The van der Waals surface area contributed by atoms with Crippen LogP contribution in [0.1, 0.15) is 6.92 Å². The van der Waals surface area contributed by atoms with E-state index in [4.69, 9.17) is 28.3 Å². The van der Waals surface area contributed by atoms with E-state index in [1.165, 1.54) is 0 Å². The molecule has 0 amide bonds. The van der Waals surface area contributed by atoms with Gasteiger partial charge in [-0.05, 0) is 6.92 Å². The lowest BCUT2D eigenvalue weighted by Gasteiger charge is -2.37. The van der Waals surface area contributed by atoms with Crippen LogP contribution in [-0.2, 0) is 4.74 Å². The van der Waals surface area contributed by atoms with E-state index in [1.54, 1.807) is 0 Å². The standard InChI is InChI=1S/C6H9B3O/c1-3-5(8)6(9)4(7)2-10-3/h3-6H,2H2,1H3/t3?,4-,5?,6?/m1/s1. The van der Waals surface area contributed by atoms with Crippen molar-refractivity contribution < 1.29 is 4.74 Å². The van der Waals surface area contributed by atoms with E-state index in [1.807, 2.05) is 6.92 Å². The van der Waals surface area contributed by atoms with Gasteiger partial charge in [-0.15, -0.1) is 0 Å². The third kappa shape index (κ3) is 1.42. The summed E-state index contributed by atoms with van der Waals surface area (Å²) in [5.74, 6) is -0.348. The van der Waals surface area contributed by atoms with Crippen molar-refractivity contribution in [1.29, 1.82) is 0 Å². The lowest BCUT2D eigenvalue weighted by Crippen LogP contribution is -2.31. The van der Waals surface area contributed by atoms with Crippen LogP contribution in [0.25, 0.3) is 0 Å². The Kier molecular flexibility index (Phi) is 2.51. The van der Waals surface area contributed by atoms with Gasteiger partial charge in [-0.25, -0.2) is 0 Å². The first kappa shape index (κ1) is 8.25. The molecule has 0 aromatic carbocycles. The molecule has 0 bridgehead atoms. The van der Waals surface area contributed by atoms with E-state index in [0.717, 1.165) is 0 Å². The van der Waals surface area contributed by atoms with Crippen LogP contribution in [0, 0.1) is 0 Å². The molecule has 1 saturated heterocycles. The quantitative estimate of drug-likeness (QED) is 0.427. The van der Waals surface area contributed by atoms with Gasteiger partial charge in [0.25, 0.3) is 0 Å². The van der Waals surface area contributed by atoms with Crippen LogP contribution >= 0.6 is 0 Å². The summed E-state index contributed by atoms with van der Waals surface area (Å²) >= 11 is 0. The van der Waals surface area contributed by atoms with Crippen molar-refractivity contribution in [1.82, 2.24) is 0 Å². The van der Waals surface area contributed by atoms with E-state index in [0.29, 0.717) is 6.61 Å². The summed E-state index contributed by atoms with van der Waals surface area (Å²) in [6.45, 7) is 2.44. The second-order valence-corrected chi connectivity index (χ2v) is 2.86. The zero-order valence-corrected chi connectivity index (χ0v) is 6.16. The molecule has 1 nitrogen and oxygen atoms in total. The fourth-order valence-electron chi connectivity index (χ4n) is 1.08. The normalized spacial score (nSPS) is 48.9. The van der Waals surface area contributed by atoms with Gasteiger partial charge in [0, 0.05) is 12.7 Å². The summed E-state index contributed by atoms with van der Waals surface area (Å²) < 4.78 is 5.24. The molecular weight excluding hydrogens is 121 g/mol. The molecule has 1 aliphatic rings. The second-order valence-electron chi connectivity index (χ2n) is 2.86. The molecule has 3 unspecified atom stereocenters. The summed E-state index contributed by atoms with van der Waals surface area (Å²) in [6.07, 6.45) is 0.0369. The largest absolute Gasteiger partial charge is 0.380 e. The SMILES string of the molecule is [B]C1C(C)OC[C@@H]([B])C1[B]. The molecule has 6 radical (unpaired) electrons. The highest BCUT2D eigenvalue weighted by atomic mass is 16.5. The van der Waals surface area contributed by atoms with Crippen molar-refractivity contribution in [3.63, 3.8) is 0 Å². The van der Waals surface area contributed by atoms with Crippen molar-refractivity contribution in [2.24, 2.45) is 0 Å². The summed E-state index contributed by atoms with van der Waals surface area (Å²) in [6, 6.07) is 0. The van der Waals surface area contributed by atoms with Gasteiger partial charge in [0.2, 0.25) is 0 Å². The van der Waals surface area contributed by atoms with Crippen LogP contribution in [0.2, 0.25) is 17.5 Å². The minimum atomic E-state index is -0.122. The first-order valence-corrected chi connectivity index (χ1v) is 3.51. The van der Waals surface area contributed by atoms with E-state index in [2.05, 4.69) is 0 Å². The average Bonchev–Trinajstić information content (AvgIpc) is 1.93. The van der Waals surface area contributed by atoms with Crippen LogP contribution in [0.3, 0.4) is 0 Å². The summed E-state index contributed by atoms with van der Waals surface area (Å²) in [5, 5.41) is 0. The Morgan fingerprint density at radius 3 is 2.30 bits per heavy atom. The van der Waals surface area contributed by atoms with Gasteiger partial charge in [-0.1, -0.05) is 17.5 Å². The smallest absolute Gasteiger partial charge is 0.0728 e. The van der Waals surface area contributed by atoms with Gasteiger partial charge in [0.1, 0.15) is 0 Å². The molecule has 0 aromatic heterocycles. The Hall–Kier alpha value is 0.155. The number of rotatable bonds is 0. The molecule has 0 spiro atoms. The lowest BCUT2D eigenvalue weighted by molar-refractivity contribution is 0.0306. The topological polar surface area (TPSA) is 9.23 Å². The highest BCUT2D eigenvalue weighted by molar-refractivity contribution is 6.26. The minimum Gasteiger partial charge on any atom is -0.380 e. The Balaban J connectivity index is 2.52. The van der Waals surface area contributed by atoms with Crippen molar-refractivity contribution >= 4 is 23.5 Å². The molecule has 1 rings (SSSR count). The summed E-state index contributed by atoms with van der Waals surface area (Å²) in [5.41, 5.74) is 0. The van der Waals surface area contributed by atoms with Crippen LogP contribution in [0.5, 0.6) is 0 Å². The van der Waals surface area contributed by atoms with Crippen molar-refractivity contribution in [2.75, 3.05) is 6.61 Å². The van der Waals surface area contributed by atoms with Gasteiger partial charge >= 0.3 is 0 Å². The van der Waals surface area contributed by atoms with Gasteiger partial charge in [-0.2, -0.15) is 0 Å². The number of hydrogen-bond acceptors (Lipinski definition) is 1. The molecule has 1 heterocycles. The molecule has 0 aromatic rings. The van der Waals surface area contributed by atoms with E-state index in [9.17, 15) is 0 Å². The molecular formula is C6H9B3O. The minimum absolute atomic E-state index is 0.0369. The van der Waals surface area contributed by atoms with Crippen molar-refractivity contribution in [3.05, 3.63) is 0 Å². The maximum atomic E-state index is 5.68. The first-order valence-electron chi connectivity index (χ1n) is 3.51. The Bertz CT molecular complexity index is 106. The first-order chi connectivity index (χ1) is 4.63. The highest BCUT2D eigenvalue weighted by Gasteiger charge is 2.28. The fraction of sp³-hybridized carbons (Fsp3) is 1.00. The van der Waals surface area contributed by atoms with Gasteiger partial charge < -0.3 is 4.74 Å². The van der Waals surface area contributed by atoms with E-state index >= 15 is 0 Å². The van der Waals surface area contributed by atoms with Crippen LogP contribution < -0.4 is 0 Å². The predicted octanol–water partition coefficient (Wildman–Crippen LogP) is 0.276. The summed E-state index contributed by atoms with van der Waals surface area (Å²) in [4.78, 5) is 0. The van der Waals surface area contributed by atoms with E-state index < -0.39 is 0 Å². The van der Waals surface area contributed by atoms with Crippen LogP contribution in [-0.4, -0.2) is 36.2 Å². The Morgan fingerprint density at radius 2 is 1.80 bits per heavy atom. The Morgan fingerprint density at radius 1 is 1.20 bits per heavy atom. The maximum absolute atomic E-state index is 5.68. The number of ether oxygens (including phenoxy) is 1. The Labute approximate surface area is 66.1 Å². The molecule has 48 valence electrons. The predicted molar refractivity (Wildman–Crippen MR) is 43.9 cm³/mol. The third-order valence-corrected chi connectivity index (χ3v) is 2.03. The number of hydrogen-bond donors (Lipinski definition) is 0. The maximum Gasteiger partial charge on any atom is 0.0728 e. The molecule has 1 aliphatic heterocycles. The zero-order valence-electron chi connectivity index (χ0n) is 6.16. The monoisotopic (exact) mass is 130 g/mol. The average molecular weight is 130 g/mol. The molecule has 0 saturated carbocycles. The fourth-order valence-corrected chi connectivity index (χ4v) is 1.08. The van der Waals surface area contributed by atoms with Crippen LogP contribution in [0.4, 0.5) is 0 Å². The van der Waals surface area contributed by atoms with Crippen molar-refractivity contribution in [2.45, 2.75) is 30.5 Å². The molecule has 4 heteroatoms.